The van der Waals surface area contributed by atoms with E-state index in [0.29, 0.717) is 21.2 Å². The quantitative estimate of drug-likeness (QED) is 0.298. The van der Waals surface area contributed by atoms with Gasteiger partial charge in [-0.3, -0.25) is 19.0 Å². The maximum absolute atomic E-state index is 13.4. The second-order valence-electron chi connectivity index (χ2n) is 8.97. The van der Waals surface area contributed by atoms with Crippen LogP contribution in [0, 0.1) is 0 Å². The summed E-state index contributed by atoms with van der Waals surface area (Å²) >= 11 is 0. The number of carbonyl (C=O) groups is 2. The first-order valence-electron chi connectivity index (χ1n) is 12.5. The standard InChI is InChI=1S/C31H25N3O6/c35-28(32-40-21-24-11-5-2-6-12-24)25-17-15-22(16-18-25)19-33-27-14-8-7-13-26(27)29(36)34(30(33)37)31(38)39-20-23-9-3-1-4-10-23/h1-18H,19-21H2,(H,32,35). The van der Waals surface area contributed by atoms with Crippen molar-refractivity contribution in [1.29, 1.82) is 0 Å². The molecular formula is C31H25N3O6. The van der Waals surface area contributed by atoms with E-state index >= 15 is 0 Å². The summed E-state index contributed by atoms with van der Waals surface area (Å²) in [5.74, 6) is -0.417. The number of amides is 1. The molecule has 1 aromatic heterocycles. The number of para-hydroxylation sites is 1. The third-order valence-electron chi connectivity index (χ3n) is 6.24. The number of hydrogen-bond donors (Lipinski definition) is 1. The van der Waals surface area contributed by atoms with Crippen LogP contribution < -0.4 is 16.7 Å². The first-order chi connectivity index (χ1) is 19.5. The van der Waals surface area contributed by atoms with Gasteiger partial charge >= 0.3 is 11.8 Å². The van der Waals surface area contributed by atoms with Crippen molar-refractivity contribution in [3.8, 4) is 0 Å². The summed E-state index contributed by atoms with van der Waals surface area (Å²) < 4.78 is 7.13. The molecule has 0 saturated carbocycles. The lowest BCUT2D eigenvalue weighted by molar-refractivity contribution is 0.0233. The Morgan fingerprint density at radius 1 is 0.675 bits per heavy atom. The fourth-order valence-corrected chi connectivity index (χ4v) is 4.18. The largest absolute Gasteiger partial charge is 0.444 e. The van der Waals surface area contributed by atoms with Crippen molar-refractivity contribution in [3.63, 3.8) is 0 Å². The molecule has 40 heavy (non-hydrogen) atoms. The SMILES string of the molecule is O=C(NOCc1ccccc1)c1ccc(Cn2c(=O)n(C(=O)OCc3ccccc3)c(=O)c3ccccc32)cc1. The Morgan fingerprint density at radius 3 is 1.95 bits per heavy atom. The van der Waals surface area contributed by atoms with Gasteiger partial charge in [0.15, 0.2) is 0 Å². The summed E-state index contributed by atoms with van der Waals surface area (Å²) in [7, 11) is 0. The van der Waals surface area contributed by atoms with Gasteiger partial charge in [0, 0.05) is 5.56 Å². The molecule has 0 fully saturated rings. The minimum Gasteiger partial charge on any atom is -0.444 e. The van der Waals surface area contributed by atoms with E-state index in [0.717, 1.165) is 11.1 Å². The van der Waals surface area contributed by atoms with Crippen LogP contribution in [0.4, 0.5) is 4.79 Å². The lowest BCUT2D eigenvalue weighted by atomic mass is 10.1. The number of carbonyl (C=O) groups excluding carboxylic acids is 2. The number of nitrogens with one attached hydrogen (secondary N) is 1. The van der Waals surface area contributed by atoms with Gasteiger partial charge in [-0.25, -0.2) is 15.1 Å². The van der Waals surface area contributed by atoms with Crippen LogP contribution in [0.1, 0.15) is 27.0 Å². The molecular weight excluding hydrogens is 510 g/mol. The predicted molar refractivity (Wildman–Crippen MR) is 149 cm³/mol. The zero-order valence-electron chi connectivity index (χ0n) is 21.4. The molecule has 9 nitrogen and oxygen atoms in total. The van der Waals surface area contributed by atoms with Gasteiger partial charge in [0.25, 0.3) is 11.5 Å². The van der Waals surface area contributed by atoms with Crippen LogP contribution >= 0.6 is 0 Å². The molecule has 1 N–H and O–H groups in total. The first kappa shape index (κ1) is 26.3. The van der Waals surface area contributed by atoms with Crippen LogP contribution in [0.3, 0.4) is 0 Å². The van der Waals surface area contributed by atoms with Crippen LogP contribution in [-0.2, 0) is 29.3 Å². The van der Waals surface area contributed by atoms with Crippen molar-refractivity contribution in [2.45, 2.75) is 19.8 Å². The zero-order chi connectivity index (χ0) is 27.9. The maximum atomic E-state index is 13.4. The molecule has 1 amide bonds. The summed E-state index contributed by atoms with van der Waals surface area (Å²) in [6.07, 6.45) is -1.05. The van der Waals surface area contributed by atoms with Crippen LogP contribution in [-0.4, -0.2) is 21.1 Å². The highest BCUT2D eigenvalue weighted by Gasteiger charge is 2.20. The van der Waals surface area contributed by atoms with Crippen LogP contribution in [0.25, 0.3) is 10.9 Å². The number of benzene rings is 4. The third-order valence-corrected chi connectivity index (χ3v) is 6.24. The summed E-state index contributed by atoms with van der Waals surface area (Å²) in [5.41, 5.74) is 3.90. The Bertz CT molecular complexity index is 1760. The zero-order valence-corrected chi connectivity index (χ0v) is 21.4. The summed E-state index contributed by atoms with van der Waals surface area (Å²) in [6.45, 7) is 0.194. The molecule has 0 aliphatic rings. The molecule has 0 spiro atoms. The third kappa shape index (κ3) is 5.90. The van der Waals surface area contributed by atoms with E-state index in [1.807, 2.05) is 36.4 Å². The summed E-state index contributed by atoms with van der Waals surface area (Å²) in [4.78, 5) is 57.2. The average Bonchev–Trinajstić information content (AvgIpc) is 2.99. The number of nitrogens with zero attached hydrogens (tertiary/aromatic N) is 2. The number of fused-ring (bicyclic) bond motifs is 1. The van der Waals surface area contributed by atoms with E-state index in [4.69, 9.17) is 9.57 Å². The Balaban J connectivity index is 1.35. The molecule has 9 heteroatoms. The first-order valence-corrected chi connectivity index (χ1v) is 12.5. The van der Waals surface area contributed by atoms with E-state index in [-0.39, 0.29) is 25.1 Å². The van der Waals surface area contributed by atoms with Crippen molar-refractivity contribution in [2.75, 3.05) is 0 Å². The van der Waals surface area contributed by atoms with Gasteiger partial charge in [-0.1, -0.05) is 84.9 Å². The van der Waals surface area contributed by atoms with Crippen molar-refractivity contribution in [2.24, 2.45) is 0 Å². The van der Waals surface area contributed by atoms with Gasteiger partial charge in [0.1, 0.15) is 6.61 Å². The highest BCUT2D eigenvalue weighted by atomic mass is 16.6. The monoisotopic (exact) mass is 535 g/mol. The Morgan fingerprint density at radius 2 is 1.27 bits per heavy atom. The Hall–Kier alpha value is -5.28. The number of hydroxylamine groups is 1. The number of ether oxygens (including phenoxy) is 1. The van der Waals surface area contributed by atoms with Crippen LogP contribution in [0.2, 0.25) is 0 Å². The molecule has 5 rings (SSSR count). The molecule has 5 aromatic rings. The lowest BCUT2D eigenvalue weighted by Gasteiger charge is -2.14. The molecule has 0 bridgehead atoms. The highest BCUT2D eigenvalue weighted by Crippen LogP contribution is 2.12. The molecule has 0 unspecified atom stereocenters. The Labute approximate surface area is 228 Å². The van der Waals surface area contributed by atoms with Gasteiger partial charge in [0.2, 0.25) is 0 Å². The van der Waals surface area contributed by atoms with Crippen molar-refractivity contribution < 1.29 is 19.2 Å². The molecule has 4 aromatic carbocycles. The minimum atomic E-state index is -1.05. The summed E-state index contributed by atoms with van der Waals surface area (Å²) in [5, 5.41) is 0.199. The van der Waals surface area contributed by atoms with Gasteiger partial charge in [-0.15, -0.1) is 0 Å². The Kier molecular flexibility index (Phi) is 7.94. The minimum absolute atomic E-state index is 0.0536. The number of hydrogen-bond acceptors (Lipinski definition) is 6. The molecule has 0 aliphatic carbocycles. The second-order valence-corrected chi connectivity index (χ2v) is 8.97. The van der Waals surface area contributed by atoms with Gasteiger partial charge in [0.05, 0.1) is 24.1 Å². The van der Waals surface area contributed by atoms with E-state index < -0.39 is 23.2 Å². The molecule has 0 saturated heterocycles. The highest BCUT2D eigenvalue weighted by molar-refractivity contribution is 5.93. The van der Waals surface area contributed by atoms with Gasteiger partial charge < -0.3 is 4.74 Å². The second kappa shape index (κ2) is 12.1. The lowest BCUT2D eigenvalue weighted by Crippen LogP contribution is -2.44. The molecule has 1 heterocycles. The van der Waals surface area contributed by atoms with E-state index in [2.05, 4.69) is 5.48 Å². The average molecular weight is 536 g/mol. The topological polar surface area (TPSA) is 109 Å². The van der Waals surface area contributed by atoms with Crippen molar-refractivity contribution >= 4 is 22.9 Å². The normalized spacial score (nSPS) is 10.8. The number of aromatic nitrogens is 2. The smallest absolute Gasteiger partial charge is 0.425 e. The molecule has 0 aliphatic heterocycles. The molecule has 0 atom stereocenters. The van der Waals surface area contributed by atoms with Crippen molar-refractivity contribution in [1.82, 2.24) is 14.6 Å². The fraction of sp³-hybridized carbons (Fsp3) is 0.0968. The molecule has 0 radical (unpaired) electrons. The van der Waals surface area contributed by atoms with Gasteiger partial charge in [-0.05, 0) is 41.0 Å². The molecule has 200 valence electrons. The fourth-order valence-electron chi connectivity index (χ4n) is 4.18. The number of rotatable bonds is 8. The van der Waals surface area contributed by atoms with E-state index in [9.17, 15) is 19.2 Å². The van der Waals surface area contributed by atoms with E-state index in [1.54, 1.807) is 72.8 Å². The predicted octanol–water partition coefficient (Wildman–Crippen LogP) is 4.26. The van der Waals surface area contributed by atoms with Crippen LogP contribution in [0.15, 0.2) is 119 Å². The van der Waals surface area contributed by atoms with Crippen molar-refractivity contribution in [3.05, 3.63) is 152 Å². The summed E-state index contributed by atoms with van der Waals surface area (Å²) in [6, 6.07) is 31.6. The maximum Gasteiger partial charge on any atom is 0.425 e. The van der Waals surface area contributed by atoms with Crippen LogP contribution in [0.5, 0.6) is 0 Å². The van der Waals surface area contributed by atoms with Gasteiger partial charge in [-0.2, -0.15) is 4.57 Å². The van der Waals surface area contributed by atoms with E-state index in [1.165, 1.54) is 4.57 Å².